The smallest absolute Gasteiger partial charge is 0.416 e. The third-order valence-electron chi connectivity index (χ3n) is 4.06. The van der Waals surface area contributed by atoms with Crippen molar-refractivity contribution in [3.8, 4) is 5.75 Å². The summed E-state index contributed by atoms with van der Waals surface area (Å²) >= 11 is 5.98. The lowest BCUT2D eigenvalue weighted by atomic mass is 10.0. The van der Waals surface area contributed by atoms with E-state index in [2.05, 4.69) is 10.6 Å². The number of anilines is 2. The lowest BCUT2D eigenvalue weighted by Gasteiger charge is -2.24. The second-order valence-corrected chi connectivity index (χ2v) is 7.23. The molecule has 162 valence electrons. The van der Waals surface area contributed by atoms with Gasteiger partial charge in [0, 0.05) is 5.69 Å². The van der Waals surface area contributed by atoms with Crippen LogP contribution in [0.5, 0.6) is 5.75 Å². The van der Waals surface area contributed by atoms with E-state index in [1.807, 2.05) is 0 Å². The lowest BCUT2D eigenvalue weighted by molar-refractivity contribution is -0.137. The van der Waals surface area contributed by atoms with E-state index in [1.165, 1.54) is 6.07 Å². The van der Waals surface area contributed by atoms with E-state index in [9.17, 15) is 22.8 Å². The maximum Gasteiger partial charge on any atom is 0.416 e. The zero-order valence-corrected chi connectivity index (χ0v) is 17.0. The number of amides is 2. The standard InChI is InChI=1S/C20H21ClF3N3O3/c1-11(2)18(27-16-8-3-12(9-15(16)21)20(22,23)24)19(29)26-13-4-6-14(7-5-13)30-10-17(25)28/h3-9,11,18,27H,10H2,1-2H3,(H2,25,28)(H,26,29)/t18-/m0/s1. The molecule has 2 aromatic rings. The fourth-order valence-corrected chi connectivity index (χ4v) is 2.76. The molecule has 4 N–H and O–H groups in total. The maximum atomic E-state index is 12.8. The van der Waals surface area contributed by atoms with Crippen molar-refractivity contribution in [3.05, 3.63) is 53.1 Å². The minimum atomic E-state index is -4.51. The molecule has 0 aromatic heterocycles. The van der Waals surface area contributed by atoms with E-state index < -0.39 is 29.6 Å². The Morgan fingerprint density at radius 2 is 1.77 bits per heavy atom. The van der Waals surface area contributed by atoms with Crippen molar-refractivity contribution in [2.24, 2.45) is 11.7 Å². The highest BCUT2D eigenvalue weighted by Gasteiger charge is 2.31. The Labute approximate surface area is 176 Å². The normalized spacial score (nSPS) is 12.4. The highest BCUT2D eigenvalue weighted by atomic mass is 35.5. The largest absolute Gasteiger partial charge is 0.484 e. The molecule has 6 nitrogen and oxygen atoms in total. The summed E-state index contributed by atoms with van der Waals surface area (Å²) in [4.78, 5) is 23.4. The van der Waals surface area contributed by atoms with E-state index >= 15 is 0 Å². The van der Waals surface area contributed by atoms with Gasteiger partial charge >= 0.3 is 6.18 Å². The molecule has 10 heteroatoms. The number of carbonyl (C=O) groups is 2. The van der Waals surface area contributed by atoms with Gasteiger partial charge in [-0.25, -0.2) is 0 Å². The minimum absolute atomic E-state index is 0.140. The first-order valence-electron chi connectivity index (χ1n) is 8.92. The van der Waals surface area contributed by atoms with Crippen LogP contribution < -0.4 is 21.1 Å². The Morgan fingerprint density at radius 1 is 1.13 bits per heavy atom. The molecule has 30 heavy (non-hydrogen) atoms. The summed E-state index contributed by atoms with van der Waals surface area (Å²) in [5.41, 5.74) is 4.82. The topological polar surface area (TPSA) is 93.4 Å². The number of rotatable bonds is 8. The van der Waals surface area contributed by atoms with Gasteiger partial charge in [0.2, 0.25) is 5.91 Å². The van der Waals surface area contributed by atoms with Crippen LogP contribution in [0.3, 0.4) is 0 Å². The minimum Gasteiger partial charge on any atom is -0.484 e. The van der Waals surface area contributed by atoms with Crippen molar-refractivity contribution >= 4 is 34.8 Å². The van der Waals surface area contributed by atoms with Crippen LogP contribution in [0.25, 0.3) is 0 Å². The van der Waals surface area contributed by atoms with Gasteiger partial charge in [-0.15, -0.1) is 0 Å². The summed E-state index contributed by atoms with van der Waals surface area (Å²) in [6.45, 7) is 3.31. The van der Waals surface area contributed by atoms with Crippen LogP contribution in [0, 0.1) is 5.92 Å². The number of alkyl halides is 3. The molecule has 0 aliphatic heterocycles. The third kappa shape index (κ3) is 6.55. The van der Waals surface area contributed by atoms with Crippen molar-refractivity contribution in [2.75, 3.05) is 17.2 Å². The Bertz CT molecular complexity index is 902. The van der Waals surface area contributed by atoms with Crippen molar-refractivity contribution < 1.29 is 27.5 Å². The zero-order valence-electron chi connectivity index (χ0n) is 16.2. The first kappa shape index (κ1) is 23.3. The summed E-state index contributed by atoms with van der Waals surface area (Å²) in [6, 6.07) is 8.42. The molecule has 0 saturated heterocycles. The monoisotopic (exact) mass is 443 g/mol. The first-order valence-corrected chi connectivity index (χ1v) is 9.30. The number of halogens is 4. The molecule has 0 aliphatic rings. The maximum absolute atomic E-state index is 12.8. The quantitative estimate of drug-likeness (QED) is 0.567. The number of ether oxygens (including phenoxy) is 1. The number of primary amides is 1. The fraction of sp³-hybridized carbons (Fsp3) is 0.300. The van der Waals surface area contributed by atoms with E-state index in [1.54, 1.807) is 38.1 Å². The van der Waals surface area contributed by atoms with Gasteiger partial charge in [-0.2, -0.15) is 13.2 Å². The zero-order chi connectivity index (χ0) is 22.5. The summed E-state index contributed by atoms with van der Waals surface area (Å²) in [6.07, 6.45) is -4.51. The lowest BCUT2D eigenvalue weighted by Crippen LogP contribution is -2.39. The van der Waals surface area contributed by atoms with Gasteiger partial charge in [0.25, 0.3) is 5.91 Å². The molecule has 2 amide bonds. The SMILES string of the molecule is CC(C)[C@H](Nc1ccc(C(F)(F)F)cc1Cl)C(=O)Nc1ccc(OCC(N)=O)cc1. The van der Waals surface area contributed by atoms with Crippen molar-refractivity contribution in [3.63, 3.8) is 0 Å². The number of nitrogens with two attached hydrogens (primary N) is 1. The first-order chi connectivity index (χ1) is 14.0. The van der Waals surface area contributed by atoms with Crippen molar-refractivity contribution in [2.45, 2.75) is 26.1 Å². The average molecular weight is 444 g/mol. The molecule has 1 atom stereocenters. The predicted octanol–water partition coefficient (Wildman–Crippen LogP) is 4.30. The number of nitrogens with one attached hydrogen (secondary N) is 2. The fourth-order valence-electron chi connectivity index (χ4n) is 2.52. The van der Waals surface area contributed by atoms with Crippen LogP contribution in [0.2, 0.25) is 5.02 Å². The van der Waals surface area contributed by atoms with Crippen LogP contribution in [0.4, 0.5) is 24.5 Å². The van der Waals surface area contributed by atoms with Gasteiger partial charge in [0.15, 0.2) is 6.61 Å². The van der Waals surface area contributed by atoms with Gasteiger partial charge in [0.05, 0.1) is 16.3 Å². The van der Waals surface area contributed by atoms with Gasteiger partial charge < -0.3 is 21.1 Å². The molecule has 0 unspecified atom stereocenters. The second-order valence-electron chi connectivity index (χ2n) is 6.83. The summed E-state index contributed by atoms with van der Waals surface area (Å²) in [7, 11) is 0. The summed E-state index contributed by atoms with van der Waals surface area (Å²) < 4.78 is 43.6. The van der Waals surface area contributed by atoms with Crippen LogP contribution in [0.15, 0.2) is 42.5 Å². The van der Waals surface area contributed by atoms with Gasteiger partial charge in [-0.1, -0.05) is 25.4 Å². The van der Waals surface area contributed by atoms with Crippen molar-refractivity contribution in [1.29, 1.82) is 0 Å². The highest BCUT2D eigenvalue weighted by molar-refractivity contribution is 6.33. The molecule has 0 saturated carbocycles. The molecule has 2 aromatic carbocycles. The molecule has 0 bridgehead atoms. The molecule has 0 radical (unpaired) electrons. The van der Waals surface area contributed by atoms with Gasteiger partial charge in [-0.05, 0) is 48.4 Å². The second kappa shape index (κ2) is 9.71. The Morgan fingerprint density at radius 3 is 2.27 bits per heavy atom. The van der Waals surface area contributed by atoms with Gasteiger partial charge in [0.1, 0.15) is 11.8 Å². The van der Waals surface area contributed by atoms with Crippen LogP contribution in [0.1, 0.15) is 19.4 Å². The number of hydrogen-bond acceptors (Lipinski definition) is 4. The molecule has 0 aliphatic carbocycles. The number of hydrogen-bond donors (Lipinski definition) is 3. The highest BCUT2D eigenvalue weighted by Crippen LogP contribution is 2.34. The average Bonchev–Trinajstić information content (AvgIpc) is 2.65. The van der Waals surface area contributed by atoms with Crippen LogP contribution >= 0.6 is 11.6 Å². The van der Waals surface area contributed by atoms with Crippen molar-refractivity contribution in [1.82, 2.24) is 0 Å². The van der Waals surface area contributed by atoms with E-state index in [4.69, 9.17) is 22.1 Å². The van der Waals surface area contributed by atoms with Crippen LogP contribution in [-0.2, 0) is 15.8 Å². The number of carbonyl (C=O) groups excluding carboxylic acids is 2. The Hall–Kier alpha value is -2.94. The molecular formula is C20H21ClF3N3O3. The molecule has 2 rings (SSSR count). The number of benzene rings is 2. The van der Waals surface area contributed by atoms with E-state index in [0.29, 0.717) is 11.4 Å². The molecule has 0 spiro atoms. The van der Waals surface area contributed by atoms with E-state index in [0.717, 1.165) is 12.1 Å². The molecular weight excluding hydrogens is 423 g/mol. The van der Waals surface area contributed by atoms with E-state index in [-0.39, 0.29) is 23.2 Å². The molecule has 0 heterocycles. The van der Waals surface area contributed by atoms with Gasteiger partial charge in [-0.3, -0.25) is 9.59 Å². The summed E-state index contributed by atoms with van der Waals surface area (Å²) in [5, 5.41) is 5.48. The predicted molar refractivity (Wildman–Crippen MR) is 108 cm³/mol. The molecule has 0 fully saturated rings. The third-order valence-corrected chi connectivity index (χ3v) is 4.37. The summed E-state index contributed by atoms with van der Waals surface area (Å²) in [5.74, 6) is -0.796. The Kier molecular flexibility index (Phi) is 7.55. The Balaban J connectivity index is 2.09. The van der Waals surface area contributed by atoms with Crippen LogP contribution in [-0.4, -0.2) is 24.5 Å².